The van der Waals surface area contributed by atoms with Gasteiger partial charge in [-0.25, -0.2) is 0 Å². The van der Waals surface area contributed by atoms with Gasteiger partial charge in [0, 0.05) is 6.92 Å². The van der Waals surface area contributed by atoms with E-state index in [2.05, 4.69) is 13.0 Å². The van der Waals surface area contributed by atoms with Crippen LogP contribution < -0.4 is 9.64 Å². The van der Waals surface area contributed by atoms with Crippen LogP contribution in [0.25, 0.3) is 6.08 Å². The molecule has 1 aliphatic heterocycles. The van der Waals surface area contributed by atoms with E-state index in [0.29, 0.717) is 6.61 Å². The van der Waals surface area contributed by atoms with Crippen LogP contribution in [0.4, 0.5) is 5.69 Å². The molecular weight excluding hydrogens is 262 g/mol. The summed E-state index contributed by atoms with van der Waals surface area (Å²) in [6.07, 6.45) is 2.02. The van der Waals surface area contributed by atoms with E-state index in [4.69, 9.17) is 4.74 Å². The largest absolute Gasteiger partial charge is 0.485 e. The highest BCUT2D eigenvalue weighted by Gasteiger charge is 2.25. The first-order valence-electron chi connectivity index (χ1n) is 6.95. The summed E-state index contributed by atoms with van der Waals surface area (Å²) in [6.45, 7) is 4.03. The van der Waals surface area contributed by atoms with Crippen LogP contribution in [0.15, 0.2) is 54.2 Å². The number of fused-ring (bicyclic) bond motifs is 1. The van der Waals surface area contributed by atoms with E-state index in [1.807, 2.05) is 48.5 Å². The summed E-state index contributed by atoms with van der Waals surface area (Å²) in [7, 11) is 0. The van der Waals surface area contributed by atoms with Gasteiger partial charge in [-0.2, -0.15) is 0 Å². The van der Waals surface area contributed by atoms with E-state index >= 15 is 0 Å². The molecule has 0 saturated carbocycles. The topological polar surface area (TPSA) is 29.5 Å². The highest BCUT2D eigenvalue weighted by atomic mass is 16.5. The van der Waals surface area contributed by atoms with Crippen LogP contribution in [0, 0.1) is 6.92 Å². The number of hydrogen-bond donors (Lipinski definition) is 0. The van der Waals surface area contributed by atoms with Crippen molar-refractivity contribution in [1.29, 1.82) is 0 Å². The van der Waals surface area contributed by atoms with E-state index in [0.717, 1.165) is 22.7 Å². The number of aryl methyl sites for hydroxylation is 1. The summed E-state index contributed by atoms with van der Waals surface area (Å²) in [4.78, 5) is 13.8. The fourth-order valence-corrected chi connectivity index (χ4v) is 2.54. The minimum Gasteiger partial charge on any atom is -0.485 e. The third kappa shape index (κ3) is 2.55. The molecule has 0 aromatic heterocycles. The molecule has 3 heteroatoms. The molecule has 0 spiro atoms. The van der Waals surface area contributed by atoms with Gasteiger partial charge in [0.1, 0.15) is 12.4 Å². The SMILES string of the molecule is CC(=O)N1/C(=C\c2ccccc2C)COc2ccccc21. The zero-order valence-electron chi connectivity index (χ0n) is 12.2. The monoisotopic (exact) mass is 279 g/mol. The maximum atomic E-state index is 12.1. The normalized spacial score (nSPS) is 15.5. The van der Waals surface area contributed by atoms with Gasteiger partial charge >= 0.3 is 0 Å². The summed E-state index contributed by atoms with van der Waals surface area (Å²) < 4.78 is 5.77. The molecule has 1 amide bonds. The van der Waals surface area contributed by atoms with Gasteiger partial charge in [0.15, 0.2) is 0 Å². The van der Waals surface area contributed by atoms with E-state index in [9.17, 15) is 4.79 Å². The lowest BCUT2D eigenvalue weighted by molar-refractivity contribution is -0.116. The highest BCUT2D eigenvalue weighted by Crippen LogP contribution is 2.35. The predicted octanol–water partition coefficient (Wildman–Crippen LogP) is 3.78. The van der Waals surface area contributed by atoms with Gasteiger partial charge in [-0.1, -0.05) is 36.4 Å². The van der Waals surface area contributed by atoms with Crippen LogP contribution in [-0.2, 0) is 4.79 Å². The van der Waals surface area contributed by atoms with Crippen LogP contribution in [0.3, 0.4) is 0 Å². The summed E-state index contributed by atoms with van der Waals surface area (Å²) >= 11 is 0. The van der Waals surface area contributed by atoms with Crippen molar-refractivity contribution in [2.45, 2.75) is 13.8 Å². The number of hydrogen-bond acceptors (Lipinski definition) is 2. The molecule has 0 bridgehead atoms. The molecule has 0 saturated heterocycles. The summed E-state index contributed by atoms with van der Waals surface area (Å²) in [5.74, 6) is 0.736. The maximum absolute atomic E-state index is 12.1. The molecule has 0 unspecified atom stereocenters. The number of amides is 1. The van der Waals surface area contributed by atoms with Crippen molar-refractivity contribution < 1.29 is 9.53 Å². The summed E-state index contributed by atoms with van der Waals surface area (Å²) in [5.41, 5.74) is 3.93. The minimum atomic E-state index is -0.00872. The molecule has 0 fully saturated rings. The molecule has 0 aliphatic carbocycles. The molecule has 1 heterocycles. The third-order valence-electron chi connectivity index (χ3n) is 3.59. The Morgan fingerprint density at radius 1 is 1.14 bits per heavy atom. The first-order valence-corrected chi connectivity index (χ1v) is 6.95. The van der Waals surface area contributed by atoms with E-state index < -0.39 is 0 Å². The second-order valence-corrected chi connectivity index (χ2v) is 5.10. The Hall–Kier alpha value is -2.55. The molecule has 3 nitrogen and oxygen atoms in total. The highest BCUT2D eigenvalue weighted by molar-refractivity contribution is 5.98. The van der Waals surface area contributed by atoms with Crippen molar-refractivity contribution in [3.63, 3.8) is 0 Å². The summed E-state index contributed by atoms with van der Waals surface area (Å²) in [6, 6.07) is 15.7. The molecule has 106 valence electrons. The molecule has 0 N–H and O–H groups in total. The van der Waals surface area contributed by atoms with E-state index in [1.54, 1.807) is 11.8 Å². The number of anilines is 1. The van der Waals surface area contributed by atoms with Crippen LogP contribution in [0.2, 0.25) is 0 Å². The van der Waals surface area contributed by atoms with Gasteiger partial charge in [-0.3, -0.25) is 9.69 Å². The standard InChI is InChI=1S/C18H17NO2/c1-13-7-3-4-8-15(13)11-16-12-21-18-10-6-5-9-17(18)19(16)14(2)20/h3-11H,12H2,1-2H3/b16-11-. The summed E-state index contributed by atoms with van der Waals surface area (Å²) in [5, 5.41) is 0. The van der Waals surface area contributed by atoms with Crippen molar-refractivity contribution in [1.82, 2.24) is 0 Å². The maximum Gasteiger partial charge on any atom is 0.228 e. The van der Waals surface area contributed by atoms with Crippen molar-refractivity contribution >= 4 is 17.7 Å². The van der Waals surface area contributed by atoms with Crippen LogP contribution in [0.1, 0.15) is 18.1 Å². The smallest absolute Gasteiger partial charge is 0.228 e. The van der Waals surface area contributed by atoms with E-state index in [1.165, 1.54) is 5.56 Å². The average molecular weight is 279 g/mol. The van der Waals surface area contributed by atoms with Crippen molar-refractivity contribution in [3.8, 4) is 5.75 Å². The molecule has 0 atom stereocenters. The first kappa shape index (κ1) is 13.4. The first-order chi connectivity index (χ1) is 10.2. The minimum absolute atomic E-state index is 0.00872. The molecular formula is C18H17NO2. The van der Waals surface area contributed by atoms with Gasteiger partial charge in [0.2, 0.25) is 5.91 Å². The molecule has 2 aromatic rings. The van der Waals surface area contributed by atoms with Crippen LogP contribution in [0.5, 0.6) is 5.75 Å². The molecule has 1 aliphatic rings. The van der Waals surface area contributed by atoms with Gasteiger partial charge < -0.3 is 4.74 Å². The second-order valence-electron chi connectivity index (χ2n) is 5.10. The fraction of sp³-hybridized carbons (Fsp3) is 0.167. The lowest BCUT2D eigenvalue weighted by Gasteiger charge is -2.31. The number of ether oxygens (including phenoxy) is 1. The number of benzene rings is 2. The quantitative estimate of drug-likeness (QED) is 0.795. The Morgan fingerprint density at radius 3 is 2.62 bits per heavy atom. The Kier molecular flexibility index (Phi) is 3.48. The van der Waals surface area contributed by atoms with Gasteiger partial charge in [-0.05, 0) is 36.3 Å². The fourth-order valence-electron chi connectivity index (χ4n) is 2.54. The Balaban J connectivity index is 2.08. The number of rotatable bonds is 1. The Labute approximate surface area is 124 Å². The Bertz CT molecular complexity index is 719. The third-order valence-corrected chi connectivity index (χ3v) is 3.59. The molecule has 21 heavy (non-hydrogen) atoms. The molecule has 0 radical (unpaired) electrons. The number of carbonyl (C=O) groups excluding carboxylic acids is 1. The van der Waals surface area contributed by atoms with Crippen molar-refractivity contribution in [3.05, 3.63) is 65.4 Å². The number of para-hydroxylation sites is 2. The van der Waals surface area contributed by atoms with E-state index in [-0.39, 0.29) is 5.91 Å². The van der Waals surface area contributed by atoms with Crippen molar-refractivity contribution in [2.24, 2.45) is 0 Å². The Morgan fingerprint density at radius 2 is 1.86 bits per heavy atom. The zero-order valence-corrected chi connectivity index (χ0v) is 12.2. The average Bonchev–Trinajstić information content (AvgIpc) is 2.49. The second kappa shape index (κ2) is 5.44. The molecule has 3 rings (SSSR count). The van der Waals surface area contributed by atoms with Gasteiger partial charge in [0.05, 0.1) is 11.4 Å². The lowest BCUT2D eigenvalue weighted by Crippen LogP contribution is -2.34. The van der Waals surface area contributed by atoms with Gasteiger partial charge in [0.25, 0.3) is 0 Å². The molecule has 2 aromatic carbocycles. The lowest BCUT2D eigenvalue weighted by atomic mass is 10.1. The zero-order chi connectivity index (χ0) is 14.8. The van der Waals surface area contributed by atoms with Crippen molar-refractivity contribution in [2.75, 3.05) is 11.5 Å². The number of carbonyl (C=O) groups is 1. The number of nitrogens with zero attached hydrogens (tertiary/aromatic N) is 1. The van der Waals surface area contributed by atoms with Gasteiger partial charge in [-0.15, -0.1) is 0 Å². The predicted molar refractivity (Wildman–Crippen MR) is 84.3 cm³/mol. The van der Waals surface area contributed by atoms with Crippen LogP contribution >= 0.6 is 0 Å². The van der Waals surface area contributed by atoms with Crippen LogP contribution in [-0.4, -0.2) is 12.5 Å².